The molecule has 0 radical (unpaired) electrons. The predicted molar refractivity (Wildman–Crippen MR) is 139 cm³/mol. The Kier molecular flexibility index (Phi) is 6.30. The van der Waals surface area contributed by atoms with Gasteiger partial charge in [0.05, 0.1) is 0 Å². The van der Waals surface area contributed by atoms with E-state index in [9.17, 15) is 4.79 Å². The number of carbonyl (C=O) groups excluding carboxylic acids is 1. The van der Waals surface area contributed by atoms with Crippen LogP contribution in [0.1, 0.15) is 52.0 Å². The summed E-state index contributed by atoms with van der Waals surface area (Å²) in [5, 5.41) is 2.90. The maximum Gasteiger partial charge on any atom is 0.275 e. The molecule has 4 rings (SSSR count). The van der Waals surface area contributed by atoms with Crippen molar-refractivity contribution >= 4 is 25.5 Å². The Bertz CT molecular complexity index is 1230. The van der Waals surface area contributed by atoms with Gasteiger partial charge in [0.15, 0.2) is 8.24 Å². The molecule has 1 N–H and O–H groups in total. The summed E-state index contributed by atoms with van der Waals surface area (Å²) < 4.78 is 4.49. The van der Waals surface area contributed by atoms with Crippen molar-refractivity contribution < 1.29 is 4.79 Å². The standard InChI is InChI=1S/C27H34N4OSi/c1-19(2)33(20(3)4,21(5)6)31-15-14-23(17-31)22-12-13-26-29-25(18-30(26)16-22)27(32)28-24-10-8-7-9-11-24/h7-21H,1-6H3,(H,28,32). The first-order valence-electron chi connectivity index (χ1n) is 11.8. The summed E-state index contributed by atoms with van der Waals surface area (Å²) >= 11 is 0. The molecule has 1 amide bonds. The Hall–Kier alpha value is -3.12. The average molecular weight is 459 g/mol. The van der Waals surface area contributed by atoms with Crippen molar-refractivity contribution in [1.82, 2.24) is 13.6 Å². The lowest BCUT2D eigenvalue weighted by Gasteiger charge is -2.44. The fraction of sp³-hybridized carbons (Fsp3) is 0.333. The number of imidazole rings is 1. The molecule has 1 aromatic carbocycles. The number of nitrogens with one attached hydrogen (secondary N) is 1. The zero-order chi connectivity index (χ0) is 23.8. The molecular formula is C27H34N4OSi. The number of fused-ring (bicyclic) bond motifs is 1. The molecule has 0 fully saturated rings. The van der Waals surface area contributed by atoms with Gasteiger partial charge in [0.1, 0.15) is 11.3 Å². The van der Waals surface area contributed by atoms with Crippen LogP contribution in [-0.4, -0.2) is 27.8 Å². The highest BCUT2D eigenvalue weighted by Gasteiger charge is 2.44. The number of amides is 1. The van der Waals surface area contributed by atoms with Crippen molar-refractivity contribution in [2.45, 2.75) is 58.2 Å². The minimum Gasteiger partial charge on any atom is -0.379 e. The Labute approximate surface area is 197 Å². The van der Waals surface area contributed by atoms with Gasteiger partial charge in [-0.2, -0.15) is 0 Å². The highest BCUT2D eigenvalue weighted by Crippen LogP contribution is 2.43. The molecule has 0 spiro atoms. The fourth-order valence-electron chi connectivity index (χ4n) is 5.69. The molecule has 0 bridgehead atoms. The summed E-state index contributed by atoms with van der Waals surface area (Å²) in [5.41, 5.74) is 6.15. The molecule has 0 atom stereocenters. The fourth-order valence-corrected chi connectivity index (χ4v) is 12.2. The lowest BCUT2D eigenvalue weighted by Crippen LogP contribution is -2.51. The van der Waals surface area contributed by atoms with Gasteiger partial charge in [0.2, 0.25) is 0 Å². The number of hydrogen-bond donors (Lipinski definition) is 1. The number of rotatable bonds is 7. The summed E-state index contributed by atoms with van der Waals surface area (Å²) in [7, 11) is -1.77. The second-order valence-electron chi connectivity index (χ2n) is 9.79. The van der Waals surface area contributed by atoms with E-state index in [2.05, 4.69) is 86.8 Å². The van der Waals surface area contributed by atoms with Crippen LogP contribution in [0.25, 0.3) is 16.8 Å². The molecule has 3 heterocycles. The van der Waals surface area contributed by atoms with E-state index in [-0.39, 0.29) is 5.91 Å². The third-order valence-electron chi connectivity index (χ3n) is 6.96. The SMILES string of the molecule is CC(C)[Si](C(C)C)(C(C)C)n1ccc(-c2ccc3nc(C(=O)Nc4ccccc4)cn3c2)c1. The van der Waals surface area contributed by atoms with Crippen LogP contribution in [0.4, 0.5) is 5.69 Å². The third kappa shape index (κ3) is 4.15. The zero-order valence-corrected chi connectivity index (χ0v) is 21.4. The van der Waals surface area contributed by atoms with Gasteiger partial charge >= 0.3 is 0 Å². The lowest BCUT2D eigenvalue weighted by atomic mass is 10.1. The van der Waals surface area contributed by atoms with Crippen LogP contribution in [0.15, 0.2) is 73.3 Å². The maximum atomic E-state index is 12.7. The molecule has 0 aliphatic rings. The Morgan fingerprint density at radius 2 is 1.45 bits per heavy atom. The monoisotopic (exact) mass is 458 g/mol. The van der Waals surface area contributed by atoms with Crippen molar-refractivity contribution in [1.29, 1.82) is 0 Å². The normalized spacial score (nSPS) is 12.3. The van der Waals surface area contributed by atoms with Gasteiger partial charge in [-0.05, 0) is 64.3 Å². The van der Waals surface area contributed by atoms with Gasteiger partial charge in [-0.25, -0.2) is 4.98 Å². The second-order valence-corrected chi connectivity index (χ2v) is 15.5. The number of aromatic nitrogens is 3. The molecular weight excluding hydrogens is 424 g/mol. The molecule has 3 aromatic heterocycles. The van der Waals surface area contributed by atoms with Crippen LogP contribution >= 0.6 is 0 Å². The van der Waals surface area contributed by atoms with Crippen molar-refractivity contribution in [3.05, 3.63) is 79.0 Å². The van der Waals surface area contributed by atoms with Crippen LogP contribution in [-0.2, 0) is 0 Å². The first kappa shape index (κ1) is 23.0. The molecule has 5 nitrogen and oxygen atoms in total. The van der Waals surface area contributed by atoms with Gasteiger partial charge in [0, 0.05) is 24.3 Å². The van der Waals surface area contributed by atoms with Gasteiger partial charge < -0.3 is 14.0 Å². The predicted octanol–water partition coefficient (Wildman–Crippen LogP) is 7.08. The van der Waals surface area contributed by atoms with E-state index >= 15 is 0 Å². The van der Waals surface area contributed by atoms with Crippen molar-refractivity contribution in [3.8, 4) is 11.1 Å². The summed E-state index contributed by atoms with van der Waals surface area (Å²) in [6.07, 6.45) is 8.46. The molecule has 0 aliphatic carbocycles. The molecule has 0 saturated heterocycles. The number of nitrogens with zero attached hydrogens (tertiary/aromatic N) is 3. The van der Waals surface area contributed by atoms with Crippen molar-refractivity contribution in [2.24, 2.45) is 0 Å². The number of carbonyl (C=O) groups is 1. The van der Waals surface area contributed by atoms with Crippen molar-refractivity contribution in [2.75, 3.05) is 5.32 Å². The zero-order valence-electron chi connectivity index (χ0n) is 20.4. The minimum absolute atomic E-state index is 0.209. The quantitative estimate of drug-likeness (QED) is 0.301. The lowest BCUT2D eigenvalue weighted by molar-refractivity contribution is 0.102. The number of hydrogen-bond acceptors (Lipinski definition) is 2. The van der Waals surface area contributed by atoms with Gasteiger partial charge in [-0.1, -0.05) is 59.7 Å². The van der Waals surface area contributed by atoms with Crippen LogP contribution in [0.2, 0.25) is 16.6 Å². The first-order valence-corrected chi connectivity index (χ1v) is 14.0. The summed E-state index contributed by atoms with van der Waals surface area (Å²) in [6.45, 7) is 14.3. The number of pyridine rings is 1. The van der Waals surface area contributed by atoms with E-state index in [1.165, 1.54) is 5.56 Å². The largest absolute Gasteiger partial charge is 0.379 e. The van der Waals surface area contributed by atoms with Crippen LogP contribution in [0, 0.1) is 0 Å². The van der Waals surface area contributed by atoms with Crippen LogP contribution < -0.4 is 5.32 Å². The number of anilines is 1. The Morgan fingerprint density at radius 1 is 0.818 bits per heavy atom. The highest BCUT2D eigenvalue weighted by molar-refractivity contribution is 6.82. The highest BCUT2D eigenvalue weighted by atomic mass is 28.3. The number of para-hydroxylation sites is 1. The molecule has 6 heteroatoms. The van der Waals surface area contributed by atoms with E-state index in [1.54, 1.807) is 6.20 Å². The second kappa shape index (κ2) is 9.02. The maximum absolute atomic E-state index is 12.7. The molecule has 0 saturated carbocycles. The van der Waals surface area contributed by atoms with E-state index in [0.29, 0.717) is 22.3 Å². The summed E-state index contributed by atoms with van der Waals surface area (Å²) in [4.78, 5) is 17.2. The van der Waals surface area contributed by atoms with Crippen LogP contribution in [0.5, 0.6) is 0 Å². The molecule has 172 valence electrons. The minimum atomic E-state index is -1.77. The summed E-state index contributed by atoms with van der Waals surface area (Å²) in [6, 6.07) is 15.7. The third-order valence-corrected chi connectivity index (χ3v) is 13.7. The molecule has 0 unspecified atom stereocenters. The molecule has 33 heavy (non-hydrogen) atoms. The van der Waals surface area contributed by atoms with Gasteiger partial charge in [-0.3, -0.25) is 4.79 Å². The van der Waals surface area contributed by atoms with E-state index in [1.807, 2.05) is 40.8 Å². The Balaban J connectivity index is 1.65. The van der Waals surface area contributed by atoms with Gasteiger partial charge in [-0.15, -0.1) is 0 Å². The summed E-state index contributed by atoms with van der Waals surface area (Å²) in [5.74, 6) is -0.209. The van der Waals surface area contributed by atoms with E-state index in [4.69, 9.17) is 0 Å². The average Bonchev–Trinajstić information content (AvgIpc) is 3.41. The van der Waals surface area contributed by atoms with Gasteiger partial charge in [0.25, 0.3) is 5.91 Å². The van der Waals surface area contributed by atoms with E-state index in [0.717, 1.165) is 16.9 Å². The molecule has 4 aromatic rings. The topological polar surface area (TPSA) is 51.3 Å². The molecule has 0 aliphatic heterocycles. The van der Waals surface area contributed by atoms with E-state index < -0.39 is 8.24 Å². The van der Waals surface area contributed by atoms with Crippen LogP contribution in [0.3, 0.4) is 0 Å². The first-order chi connectivity index (χ1) is 15.7. The smallest absolute Gasteiger partial charge is 0.275 e. The van der Waals surface area contributed by atoms with Crippen molar-refractivity contribution in [3.63, 3.8) is 0 Å². The Morgan fingerprint density at radius 3 is 2.09 bits per heavy atom. The number of benzene rings is 1.